The Balaban J connectivity index is 1.76. The van der Waals surface area contributed by atoms with E-state index in [1.54, 1.807) is 7.11 Å². The van der Waals surface area contributed by atoms with Gasteiger partial charge in [0.05, 0.1) is 12.3 Å². The zero-order chi connectivity index (χ0) is 13.9. The first kappa shape index (κ1) is 13.1. The minimum atomic E-state index is 0.0412. The molecule has 1 unspecified atom stereocenters. The van der Waals surface area contributed by atoms with Gasteiger partial charge in [0.2, 0.25) is 5.91 Å². The second-order valence-corrected chi connectivity index (χ2v) is 5.16. The number of carbonyl (C=O) groups excluding carboxylic acids is 1. The van der Waals surface area contributed by atoms with Crippen LogP contribution in [0.15, 0.2) is 24.4 Å². The lowest BCUT2D eigenvalue weighted by atomic mass is 9.89. The van der Waals surface area contributed by atoms with Gasteiger partial charge in [0, 0.05) is 37.9 Å². The van der Waals surface area contributed by atoms with Crippen LogP contribution in [0, 0.1) is 5.92 Å². The van der Waals surface area contributed by atoms with E-state index < -0.39 is 0 Å². The van der Waals surface area contributed by atoms with Crippen molar-refractivity contribution in [2.24, 2.45) is 5.92 Å². The third kappa shape index (κ3) is 2.41. The summed E-state index contributed by atoms with van der Waals surface area (Å²) in [5, 5.41) is 2.93. The fourth-order valence-corrected chi connectivity index (χ4v) is 2.80. The molecule has 2 heterocycles. The summed E-state index contributed by atoms with van der Waals surface area (Å²) in [5.41, 5.74) is 3.29. The molecule has 0 bridgehead atoms. The van der Waals surface area contributed by atoms with Crippen LogP contribution in [0.4, 0.5) is 0 Å². The Morgan fingerprint density at radius 1 is 1.55 bits per heavy atom. The molecule has 0 aromatic carbocycles. The fraction of sp³-hybridized carbons (Fsp3) is 0.467. The van der Waals surface area contributed by atoms with E-state index in [9.17, 15) is 4.79 Å². The summed E-state index contributed by atoms with van der Waals surface area (Å²) in [4.78, 5) is 16.8. The number of carbonyl (C=O) groups is 1. The third-order valence-corrected chi connectivity index (χ3v) is 3.86. The van der Waals surface area contributed by atoms with Crippen LogP contribution < -0.4 is 5.32 Å². The van der Waals surface area contributed by atoms with Gasteiger partial charge in [0.15, 0.2) is 0 Å². The van der Waals surface area contributed by atoms with Gasteiger partial charge in [0.25, 0.3) is 0 Å². The molecule has 1 atom stereocenters. The molecule has 0 saturated heterocycles. The van der Waals surface area contributed by atoms with Crippen molar-refractivity contribution < 1.29 is 9.53 Å². The molecule has 0 radical (unpaired) electrons. The monoisotopic (exact) mass is 273 g/mol. The number of fused-ring (bicyclic) bond motifs is 3. The van der Waals surface area contributed by atoms with E-state index in [1.165, 1.54) is 5.69 Å². The van der Waals surface area contributed by atoms with E-state index in [2.05, 4.69) is 14.7 Å². The van der Waals surface area contributed by atoms with Crippen LogP contribution in [-0.2, 0) is 22.4 Å². The highest BCUT2D eigenvalue weighted by molar-refractivity contribution is 5.79. The molecule has 1 amide bonds. The molecule has 20 heavy (non-hydrogen) atoms. The summed E-state index contributed by atoms with van der Waals surface area (Å²) in [7, 11) is 1.64. The molecule has 0 spiro atoms. The normalized spacial score (nSPS) is 17.9. The number of nitrogens with zero attached hydrogens (tertiary/aromatic N) is 2. The number of hydrogen-bond acceptors (Lipinski definition) is 3. The Morgan fingerprint density at radius 2 is 2.45 bits per heavy atom. The summed E-state index contributed by atoms with van der Waals surface area (Å²) in [6, 6.07) is 5.99. The van der Waals surface area contributed by atoms with Gasteiger partial charge >= 0.3 is 0 Å². The summed E-state index contributed by atoms with van der Waals surface area (Å²) in [6.45, 7) is 1.13. The van der Waals surface area contributed by atoms with Crippen molar-refractivity contribution >= 4 is 11.6 Å². The Hall–Kier alpha value is -1.88. The Labute approximate surface area is 118 Å². The maximum absolute atomic E-state index is 12.1. The van der Waals surface area contributed by atoms with Crippen molar-refractivity contribution in [2.75, 3.05) is 20.3 Å². The zero-order valence-corrected chi connectivity index (χ0v) is 11.6. The molecule has 5 nitrogen and oxygen atoms in total. The average Bonchev–Trinajstić information content (AvgIpc) is 2.85. The van der Waals surface area contributed by atoms with E-state index in [-0.39, 0.29) is 11.8 Å². The van der Waals surface area contributed by atoms with E-state index >= 15 is 0 Å². The number of nitrogens with one attached hydrogen (secondary N) is 1. The van der Waals surface area contributed by atoms with Gasteiger partial charge in [-0.2, -0.15) is 0 Å². The highest BCUT2D eigenvalue weighted by Crippen LogP contribution is 2.26. The van der Waals surface area contributed by atoms with Crippen LogP contribution in [0.25, 0.3) is 5.65 Å². The maximum Gasteiger partial charge on any atom is 0.223 e. The SMILES string of the molecule is COCCNC(=O)C1CCc2nc3ccccn3c2C1. The summed E-state index contributed by atoms with van der Waals surface area (Å²) >= 11 is 0. The number of ether oxygens (including phenoxy) is 1. The quantitative estimate of drug-likeness (QED) is 0.852. The summed E-state index contributed by atoms with van der Waals surface area (Å²) < 4.78 is 7.05. The van der Waals surface area contributed by atoms with E-state index in [0.717, 1.165) is 30.6 Å². The van der Waals surface area contributed by atoms with Gasteiger partial charge in [-0.05, 0) is 25.0 Å². The molecule has 1 aliphatic carbocycles. The van der Waals surface area contributed by atoms with Crippen molar-refractivity contribution in [3.05, 3.63) is 35.8 Å². The van der Waals surface area contributed by atoms with Gasteiger partial charge in [-0.15, -0.1) is 0 Å². The van der Waals surface area contributed by atoms with Gasteiger partial charge in [-0.25, -0.2) is 4.98 Å². The Bertz CT molecular complexity index is 621. The van der Waals surface area contributed by atoms with Gasteiger partial charge in [-0.1, -0.05) is 6.07 Å². The van der Waals surface area contributed by atoms with E-state index in [1.807, 2.05) is 24.4 Å². The van der Waals surface area contributed by atoms with Crippen LogP contribution in [0.2, 0.25) is 0 Å². The molecule has 0 saturated carbocycles. The van der Waals surface area contributed by atoms with Gasteiger partial charge in [-0.3, -0.25) is 4.79 Å². The van der Waals surface area contributed by atoms with E-state index in [4.69, 9.17) is 4.74 Å². The molecule has 1 N–H and O–H groups in total. The van der Waals surface area contributed by atoms with Gasteiger partial charge in [0.1, 0.15) is 5.65 Å². The van der Waals surface area contributed by atoms with Crippen LogP contribution in [-0.4, -0.2) is 35.6 Å². The van der Waals surface area contributed by atoms with Crippen LogP contribution in [0.3, 0.4) is 0 Å². The predicted octanol–water partition coefficient (Wildman–Crippen LogP) is 1.20. The molecule has 0 fully saturated rings. The first-order valence-corrected chi connectivity index (χ1v) is 7.01. The van der Waals surface area contributed by atoms with Gasteiger partial charge < -0.3 is 14.5 Å². The number of amides is 1. The number of pyridine rings is 1. The van der Waals surface area contributed by atoms with Crippen LogP contribution in [0.5, 0.6) is 0 Å². The topological polar surface area (TPSA) is 55.6 Å². The number of methoxy groups -OCH3 is 1. The zero-order valence-electron chi connectivity index (χ0n) is 11.6. The number of rotatable bonds is 4. The highest BCUT2D eigenvalue weighted by Gasteiger charge is 2.27. The molecule has 3 rings (SSSR count). The second-order valence-electron chi connectivity index (χ2n) is 5.16. The smallest absolute Gasteiger partial charge is 0.223 e. The number of imidazole rings is 1. The van der Waals surface area contributed by atoms with Crippen molar-refractivity contribution in [3.63, 3.8) is 0 Å². The lowest BCUT2D eigenvalue weighted by molar-refractivity contribution is -0.125. The average molecular weight is 273 g/mol. The molecule has 2 aromatic heterocycles. The fourth-order valence-electron chi connectivity index (χ4n) is 2.80. The Kier molecular flexibility index (Phi) is 3.69. The van der Waals surface area contributed by atoms with E-state index in [0.29, 0.717) is 13.2 Å². The molecular weight excluding hydrogens is 254 g/mol. The van der Waals surface area contributed by atoms with Crippen molar-refractivity contribution in [1.29, 1.82) is 0 Å². The minimum absolute atomic E-state index is 0.0412. The minimum Gasteiger partial charge on any atom is -0.383 e. The lowest BCUT2D eigenvalue weighted by Gasteiger charge is -2.21. The molecule has 5 heteroatoms. The Morgan fingerprint density at radius 3 is 3.30 bits per heavy atom. The molecule has 2 aromatic rings. The standard InChI is InChI=1S/C15H19N3O2/c1-20-9-7-16-15(19)11-5-6-12-13(10-11)18-8-3-2-4-14(18)17-12/h2-4,8,11H,5-7,9-10H2,1H3,(H,16,19). The lowest BCUT2D eigenvalue weighted by Crippen LogP contribution is -2.36. The molecule has 106 valence electrons. The van der Waals surface area contributed by atoms with Crippen molar-refractivity contribution in [3.8, 4) is 0 Å². The first-order valence-electron chi connectivity index (χ1n) is 7.01. The largest absolute Gasteiger partial charge is 0.383 e. The van der Waals surface area contributed by atoms with Crippen molar-refractivity contribution in [2.45, 2.75) is 19.3 Å². The van der Waals surface area contributed by atoms with Crippen LogP contribution >= 0.6 is 0 Å². The van der Waals surface area contributed by atoms with Crippen LogP contribution in [0.1, 0.15) is 17.8 Å². The van der Waals surface area contributed by atoms with Crippen molar-refractivity contribution in [1.82, 2.24) is 14.7 Å². The predicted molar refractivity (Wildman–Crippen MR) is 75.6 cm³/mol. The number of aromatic nitrogens is 2. The second kappa shape index (κ2) is 5.63. The number of aryl methyl sites for hydroxylation is 1. The molecule has 1 aliphatic rings. The molecule has 0 aliphatic heterocycles. The molecular formula is C15H19N3O2. The number of hydrogen-bond donors (Lipinski definition) is 1. The maximum atomic E-state index is 12.1. The first-order chi connectivity index (χ1) is 9.79. The third-order valence-electron chi connectivity index (χ3n) is 3.86. The summed E-state index contributed by atoms with van der Waals surface area (Å²) in [6.07, 6.45) is 4.53. The highest BCUT2D eigenvalue weighted by atomic mass is 16.5. The summed E-state index contributed by atoms with van der Waals surface area (Å²) in [5.74, 6) is 0.165.